The molecule has 0 heterocycles. The molecule has 0 bridgehead atoms. The van der Waals surface area contributed by atoms with Crippen molar-refractivity contribution in [1.29, 1.82) is 0 Å². The number of hydrogen-bond acceptors (Lipinski definition) is 4. The Morgan fingerprint density at radius 1 is 1.43 bits per heavy atom. The van der Waals surface area contributed by atoms with Crippen molar-refractivity contribution in [3.05, 3.63) is 51.4 Å². The summed E-state index contributed by atoms with van der Waals surface area (Å²) in [5.74, 6) is 0.120. The average molecular weight is 288 g/mol. The van der Waals surface area contributed by atoms with Crippen LogP contribution < -0.4 is 0 Å². The Labute approximate surface area is 122 Å². The molecule has 1 aliphatic rings. The lowest BCUT2D eigenvalue weighted by Crippen LogP contribution is -2.26. The highest BCUT2D eigenvalue weighted by Crippen LogP contribution is 2.63. The Hall–Kier alpha value is -2.51. The van der Waals surface area contributed by atoms with Gasteiger partial charge in [-0.25, -0.2) is 6.57 Å². The van der Waals surface area contributed by atoms with Crippen molar-refractivity contribution in [3.63, 3.8) is 0 Å². The Morgan fingerprint density at radius 3 is 2.38 bits per heavy atom. The number of nitro groups is 1. The molecule has 0 aromatic heterocycles. The molecule has 0 radical (unpaired) electrons. The quantitative estimate of drug-likeness (QED) is 0.475. The van der Waals surface area contributed by atoms with Gasteiger partial charge in [-0.3, -0.25) is 10.1 Å². The van der Waals surface area contributed by atoms with E-state index < -0.39 is 5.54 Å². The van der Waals surface area contributed by atoms with Crippen LogP contribution in [0.2, 0.25) is 0 Å². The Morgan fingerprint density at radius 2 is 2.00 bits per heavy atom. The average Bonchev–Trinajstić information content (AvgIpc) is 3.15. The second kappa shape index (κ2) is 5.86. The van der Waals surface area contributed by atoms with Crippen LogP contribution in [-0.2, 0) is 9.59 Å². The van der Waals surface area contributed by atoms with Crippen LogP contribution in [0.1, 0.15) is 38.7 Å². The smallest absolute Gasteiger partial charge is 0.309 e. The van der Waals surface area contributed by atoms with E-state index in [2.05, 4.69) is 25.6 Å². The van der Waals surface area contributed by atoms with Crippen LogP contribution in [0.5, 0.6) is 0 Å². The number of hydrogen-bond donors (Lipinski definition) is 0. The third kappa shape index (κ3) is 3.15. The van der Waals surface area contributed by atoms with Gasteiger partial charge < -0.3 is 4.85 Å². The fourth-order valence-corrected chi connectivity index (χ4v) is 2.62. The molecule has 110 valence electrons. The molecule has 1 aromatic rings. The minimum absolute atomic E-state index is 0.104. The summed E-state index contributed by atoms with van der Waals surface area (Å²) in [6.45, 7) is 13.6. The van der Waals surface area contributed by atoms with Gasteiger partial charge >= 0.3 is 6.15 Å². The van der Waals surface area contributed by atoms with Crippen LogP contribution in [-0.4, -0.2) is 16.6 Å². The number of carbonyl (C=O) groups excluding carboxylic acids is 2. The van der Waals surface area contributed by atoms with Gasteiger partial charge in [0.05, 0.1) is 10.8 Å². The van der Waals surface area contributed by atoms with E-state index in [1.54, 1.807) is 12.1 Å². The third-order valence-corrected chi connectivity index (χ3v) is 3.91. The summed E-state index contributed by atoms with van der Waals surface area (Å²) in [5.41, 5.74) is 0.508. The van der Waals surface area contributed by atoms with Crippen LogP contribution in [0, 0.1) is 22.1 Å². The van der Waals surface area contributed by atoms with Gasteiger partial charge in [0.15, 0.2) is 0 Å². The number of benzene rings is 1. The first-order valence-corrected chi connectivity index (χ1v) is 6.35. The Bertz CT molecular complexity index is 621. The second-order valence-corrected chi connectivity index (χ2v) is 5.98. The number of nitrogens with zero attached hydrogens (tertiary/aromatic N) is 2. The summed E-state index contributed by atoms with van der Waals surface area (Å²) >= 11 is 0. The van der Waals surface area contributed by atoms with Gasteiger partial charge in [-0.05, 0) is 5.56 Å². The zero-order chi connectivity index (χ0) is 16.3. The molecule has 0 saturated heterocycles. The highest BCUT2D eigenvalue weighted by Gasteiger charge is 2.69. The minimum atomic E-state index is -0.401. The molecule has 1 aromatic carbocycles. The first-order valence-electron chi connectivity index (χ1n) is 6.35. The topological polar surface area (TPSA) is 81.6 Å². The number of non-ortho nitro benzene ring substituents is 1. The summed E-state index contributed by atoms with van der Waals surface area (Å²) in [6, 6.07) is 6.67. The van der Waals surface area contributed by atoms with Gasteiger partial charge in [0.2, 0.25) is 5.54 Å². The highest BCUT2D eigenvalue weighted by atomic mass is 16.6. The van der Waals surface area contributed by atoms with Crippen molar-refractivity contribution in [2.45, 2.75) is 38.6 Å². The van der Waals surface area contributed by atoms with Gasteiger partial charge in [0, 0.05) is 24.0 Å². The summed E-state index contributed by atoms with van der Waals surface area (Å²) in [6.07, 6.45) is 1.04. The summed E-state index contributed by atoms with van der Waals surface area (Å²) in [4.78, 5) is 30.4. The minimum Gasteiger partial charge on any atom is -0.309 e. The molecule has 1 fully saturated rings. The zero-order valence-corrected chi connectivity index (χ0v) is 12.1. The van der Waals surface area contributed by atoms with Gasteiger partial charge in [-0.1, -0.05) is 32.9 Å². The molecule has 1 saturated carbocycles. The normalized spacial score (nSPS) is 23.0. The molecule has 0 spiro atoms. The van der Waals surface area contributed by atoms with E-state index in [9.17, 15) is 10.1 Å². The molecular formula is C15H16N2O4. The predicted octanol–water partition coefficient (Wildman–Crippen LogP) is 3.20. The van der Waals surface area contributed by atoms with Crippen LogP contribution in [0.4, 0.5) is 5.69 Å². The molecule has 0 unspecified atom stereocenters. The van der Waals surface area contributed by atoms with E-state index in [1.165, 1.54) is 6.07 Å². The third-order valence-electron chi connectivity index (χ3n) is 3.91. The van der Waals surface area contributed by atoms with E-state index in [0.717, 1.165) is 12.0 Å². The molecule has 6 heteroatoms. The van der Waals surface area contributed by atoms with Gasteiger partial charge in [-0.15, -0.1) is 0 Å². The summed E-state index contributed by atoms with van der Waals surface area (Å²) in [7, 11) is 0. The molecule has 2 atom stereocenters. The SMILES string of the molecule is O=C=O.[C-]#[N+][C@@]1(C(C)(C)C)C[C@H]1c1cccc([N+](=O)[O-])c1. The molecule has 0 aliphatic heterocycles. The molecular weight excluding hydrogens is 272 g/mol. The van der Waals surface area contributed by atoms with Crippen LogP contribution in [0.25, 0.3) is 4.85 Å². The van der Waals surface area contributed by atoms with E-state index in [0.29, 0.717) is 0 Å². The predicted molar refractivity (Wildman–Crippen MR) is 74.2 cm³/mol. The van der Waals surface area contributed by atoms with E-state index in [1.807, 2.05) is 6.07 Å². The standard InChI is InChI=1S/C14H16N2O2.CO2/c1-13(2,3)14(15-4)9-12(14)10-6-5-7-11(8-10)16(17)18;2-1-3/h5-8,12H,9H2,1-3H3;/t12-,14-;/m0./s1. The Kier molecular flexibility index (Phi) is 4.62. The van der Waals surface area contributed by atoms with Crippen molar-refractivity contribution in [2.24, 2.45) is 5.41 Å². The van der Waals surface area contributed by atoms with E-state index in [4.69, 9.17) is 16.2 Å². The first kappa shape index (κ1) is 16.5. The molecule has 21 heavy (non-hydrogen) atoms. The van der Waals surface area contributed by atoms with Crippen molar-refractivity contribution in [3.8, 4) is 0 Å². The molecule has 0 N–H and O–H groups in total. The zero-order valence-electron chi connectivity index (χ0n) is 12.1. The van der Waals surface area contributed by atoms with Crippen LogP contribution >= 0.6 is 0 Å². The van der Waals surface area contributed by atoms with E-state index >= 15 is 0 Å². The van der Waals surface area contributed by atoms with Gasteiger partial charge in [0.25, 0.3) is 5.69 Å². The molecule has 1 aliphatic carbocycles. The van der Waals surface area contributed by atoms with Crippen molar-refractivity contribution in [2.75, 3.05) is 0 Å². The monoisotopic (exact) mass is 288 g/mol. The Balaban J connectivity index is 0.000000677. The lowest BCUT2D eigenvalue weighted by molar-refractivity contribution is -0.384. The maximum absolute atomic E-state index is 10.8. The lowest BCUT2D eigenvalue weighted by Gasteiger charge is -2.21. The maximum Gasteiger partial charge on any atom is 0.373 e. The van der Waals surface area contributed by atoms with Crippen molar-refractivity contribution in [1.82, 2.24) is 0 Å². The maximum atomic E-state index is 10.8. The van der Waals surface area contributed by atoms with Gasteiger partial charge in [0.1, 0.15) is 0 Å². The van der Waals surface area contributed by atoms with Crippen molar-refractivity contribution >= 4 is 11.8 Å². The first-order chi connectivity index (χ1) is 9.73. The molecule has 6 nitrogen and oxygen atoms in total. The highest BCUT2D eigenvalue weighted by molar-refractivity contribution is 5.44. The lowest BCUT2D eigenvalue weighted by atomic mass is 9.82. The summed E-state index contributed by atoms with van der Waals surface area (Å²) in [5, 5.41) is 10.8. The van der Waals surface area contributed by atoms with Crippen molar-refractivity contribution < 1.29 is 14.5 Å². The molecule has 2 rings (SSSR count). The van der Waals surface area contributed by atoms with Crippen LogP contribution in [0.15, 0.2) is 24.3 Å². The van der Waals surface area contributed by atoms with Gasteiger partial charge in [-0.2, -0.15) is 9.59 Å². The fourth-order valence-electron chi connectivity index (χ4n) is 2.62. The van der Waals surface area contributed by atoms with Crippen LogP contribution in [0.3, 0.4) is 0 Å². The van der Waals surface area contributed by atoms with E-state index in [-0.39, 0.29) is 28.1 Å². The second-order valence-electron chi connectivity index (χ2n) is 5.98. The molecule has 0 amide bonds. The summed E-state index contributed by atoms with van der Waals surface area (Å²) < 4.78 is 0. The fraction of sp³-hybridized carbons (Fsp3) is 0.467. The number of nitro benzene ring substituents is 1. The number of rotatable bonds is 2. The largest absolute Gasteiger partial charge is 0.373 e.